The number of nitrogens with zero attached hydrogens (tertiary/aromatic N) is 1. The van der Waals surface area contributed by atoms with Crippen LogP contribution in [0.1, 0.15) is 41.9 Å². The van der Waals surface area contributed by atoms with Gasteiger partial charge in [0.15, 0.2) is 5.01 Å². The van der Waals surface area contributed by atoms with E-state index in [1.54, 1.807) is 14.2 Å². The number of hydrogen-bond acceptors (Lipinski definition) is 5. The number of carbonyl (C=O) groups is 1. The molecule has 6 heteroatoms. The summed E-state index contributed by atoms with van der Waals surface area (Å²) >= 11 is 1.43. The molecule has 1 aliphatic rings. The highest BCUT2D eigenvalue weighted by Crippen LogP contribution is 2.38. The lowest BCUT2D eigenvalue weighted by atomic mass is 9.95. The van der Waals surface area contributed by atoms with E-state index in [0.29, 0.717) is 5.01 Å². The maximum Gasteiger partial charge on any atom is 0.280 e. The Morgan fingerprint density at radius 3 is 2.03 bits per heavy atom. The molecule has 0 atom stereocenters. The molecule has 1 N–H and O–H groups in total. The topological polar surface area (TPSA) is 60.5 Å². The fourth-order valence-corrected chi connectivity index (χ4v) is 4.79. The van der Waals surface area contributed by atoms with E-state index in [2.05, 4.69) is 5.32 Å². The van der Waals surface area contributed by atoms with Crippen LogP contribution in [0.4, 0.5) is 0 Å². The molecule has 3 aromatic rings. The summed E-state index contributed by atoms with van der Waals surface area (Å²) in [5.74, 6) is 1.50. The Morgan fingerprint density at radius 1 is 0.900 bits per heavy atom. The first kappa shape index (κ1) is 20.4. The fourth-order valence-electron chi connectivity index (χ4n) is 3.79. The number of methoxy groups -OCH3 is 2. The van der Waals surface area contributed by atoms with Gasteiger partial charge in [0.05, 0.1) is 24.8 Å². The summed E-state index contributed by atoms with van der Waals surface area (Å²) in [5, 5.41) is 3.68. The number of rotatable bonds is 6. The first-order chi connectivity index (χ1) is 14.7. The molecule has 0 unspecified atom stereocenters. The van der Waals surface area contributed by atoms with Crippen LogP contribution in [0.25, 0.3) is 21.7 Å². The summed E-state index contributed by atoms with van der Waals surface area (Å²) in [7, 11) is 3.30. The number of hydrogen-bond donors (Lipinski definition) is 1. The molecule has 0 aliphatic heterocycles. The summed E-state index contributed by atoms with van der Waals surface area (Å²) in [6.07, 6.45) is 5.71. The zero-order valence-electron chi connectivity index (χ0n) is 17.3. The van der Waals surface area contributed by atoms with Crippen molar-refractivity contribution in [1.29, 1.82) is 0 Å². The minimum absolute atomic E-state index is 0.0820. The van der Waals surface area contributed by atoms with Crippen LogP contribution in [0.15, 0.2) is 48.5 Å². The van der Waals surface area contributed by atoms with E-state index in [4.69, 9.17) is 14.5 Å². The van der Waals surface area contributed by atoms with Crippen molar-refractivity contribution in [2.24, 2.45) is 0 Å². The molecular formula is C24H26N2O3S. The van der Waals surface area contributed by atoms with Crippen molar-refractivity contribution in [2.75, 3.05) is 14.2 Å². The second kappa shape index (κ2) is 9.30. The van der Waals surface area contributed by atoms with Crippen molar-refractivity contribution in [3.05, 3.63) is 53.5 Å². The highest BCUT2D eigenvalue weighted by molar-refractivity contribution is 7.17. The molecule has 4 rings (SSSR count). The van der Waals surface area contributed by atoms with Gasteiger partial charge in [-0.05, 0) is 66.9 Å². The van der Waals surface area contributed by atoms with E-state index >= 15 is 0 Å². The van der Waals surface area contributed by atoms with Crippen LogP contribution in [0.5, 0.6) is 11.5 Å². The highest BCUT2D eigenvalue weighted by atomic mass is 32.1. The van der Waals surface area contributed by atoms with Gasteiger partial charge in [-0.2, -0.15) is 0 Å². The van der Waals surface area contributed by atoms with E-state index in [1.165, 1.54) is 30.6 Å². The number of carbonyl (C=O) groups excluding carboxylic acids is 1. The van der Waals surface area contributed by atoms with Gasteiger partial charge in [0.1, 0.15) is 11.5 Å². The number of amides is 1. The Balaban J connectivity index is 1.69. The first-order valence-electron chi connectivity index (χ1n) is 10.3. The maximum absolute atomic E-state index is 12.9. The van der Waals surface area contributed by atoms with E-state index in [-0.39, 0.29) is 11.9 Å². The normalized spacial score (nSPS) is 14.3. The average Bonchev–Trinajstić information content (AvgIpc) is 3.25. The fraction of sp³-hybridized carbons (Fsp3) is 0.333. The zero-order valence-corrected chi connectivity index (χ0v) is 18.1. The van der Waals surface area contributed by atoms with Crippen LogP contribution in [-0.4, -0.2) is 31.2 Å². The van der Waals surface area contributed by atoms with Crippen molar-refractivity contribution < 1.29 is 14.3 Å². The Morgan fingerprint density at radius 2 is 1.47 bits per heavy atom. The van der Waals surface area contributed by atoms with Crippen molar-refractivity contribution in [3.8, 4) is 33.2 Å². The van der Waals surface area contributed by atoms with Crippen molar-refractivity contribution >= 4 is 17.2 Å². The summed E-state index contributed by atoms with van der Waals surface area (Å²) in [5.41, 5.74) is 2.77. The molecule has 0 spiro atoms. The SMILES string of the molecule is COc1ccc(-c2nc(C(=O)NC3CCCCC3)sc2-c2ccc(OC)cc2)cc1. The van der Waals surface area contributed by atoms with Gasteiger partial charge in [-0.1, -0.05) is 19.3 Å². The van der Waals surface area contributed by atoms with Crippen LogP contribution in [0, 0.1) is 0 Å². The first-order valence-corrected chi connectivity index (χ1v) is 11.1. The molecule has 1 heterocycles. The third-order valence-electron chi connectivity index (χ3n) is 5.48. The molecule has 1 fully saturated rings. The Bertz CT molecular complexity index is 925. The second-order valence-electron chi connectivity index (χ2n) is 7.46. The zero-order chi connectivity index (χ0) is 20.9. The Kier molecular flexibility index (Phi) is 6.33. The van der Waals surface area contributed by atoms with E-state index in [9.17, 15) is 4.79 Å². The monoisotopic (exact) mass is 422 g/mol. The lowest BCUT2D eigenvalue weighted by molar-refractivity contribution is 0.0927. The van der Waals surface area contributed by atoms with Gasteiger partial charge >= 0.3 is 0 Å². The van der Waals surface area contributed by atoms with Crippen molar-refractivity contribution in [2.45, 2.75) is 38.1 Å². The van der Waals surface area contributed by atoms with E-state index < -0.39 is 0 Å². The van der Waals surface area contributed by atoms with Crippen LogP contribution in [0.2, 0.25) is 0 Å². The van der Waals surface area contributed by atoms with Crippen LogP contribution < -0.4 is 14.8 Å². The Labute approximate surface area is 181 Å². The van der Waals surface area contributed by atoms with Gasteiger partial charge < -0.3 is 14.8 Å². The molecule has 1 saturated carbocycles. The van der Waals surface area contributed by atoms with Gasteiger partial charge in [0.25, 0.3) is 5.91 Å². The minimum atomic E-state index is -0.0820. The summed E-state index contributed by atoms with van der Waals surface area (Å²) < 4.78 is 10.6. The van der Waals surface area contributed by atoms with Gasteiger partial charge in [-0.25, -0.2) is 4.98 Å². The van der Waals surface area contributed by atoms with Crippen LogP contribution in [-0.2, 0) is 0 Å². The molecule has 1 amide bonds. The van der Waals surface area contributed by atoms with Crippen molar-refractivity contribution in [3.63, 3.8) is 0 Å². The minimum Gasteiger partial charge on any atom is -0.497 e. The second-order valence-corrected chi connectivity index (χ2v) is 8.46. The van der Waals surface area contributed by atoms with E-state index in [0.717, 1.165) is 46.0 Å². The largest absolute Gasteiger partial charge is 0.497 e. The quantitative estimate of drug-likeness (QED) is 0.565. The lowest BCUT2D eigenvalue weighted by Crippen LogP contribution is -2.36. The number of nitrogens with one attached hydrogen (secondary N) is 1. The molecule has 0 bridgehead atoms. The predicted octanol–water partition coefficient (Wildman–Crippen LogP) is 5.56. The third kappa shape index (κ3) is 4.49. The lowest BCUT2D eigenvalue weighted by Gasteiger charge is -2.22. The standard InChI is InChI=1S/C24H26N2O3S/c1-28-19-12-8-16(9-13-19)21-22(17-10-14-20(29-2)15-11-17)30-24(26-21)23(27)25-18-6-4-3-5-7-18/h8-15,18H,3-7H2,1-2H3,(H,25,27). The molecule has 30 heavy (non-hydrogen) atoms. The summed E-state index contributed by atoms with van der Waals surface area (Å²) in [6.45, 7) is 0. The molecule has 1 aliphatic carbocycles. The molecule has 156 valence electrons. The molecule has 1 aromatic heterocycles. The Hall–Kier alpha value is -2.86. The molecular weight excluding hydrogens is 396 g/mol. The third-order valence-corrected chi connectivity index (χ3v) is 6.58. The number of thiazole rings is 1. The number of aromatic nitrogens is 1. The van der Waals surface area contributed by atoms with Gasteiger partial charge in [0, 0.05) is 11.6 Å². The number of benzene rings is 2. The molecule has 5 nitrogen and oxygen atoms in total. The average molecular weight is 423 g/mol. The maximum atomic E-state index is 12.9. The van der Waals surface area contributed by atoms with E-state index in [1.807, 2.05) is 48.5 Å². The summed E-state index contributed by atoms with van der Waals surface area (Å²) in [4.78, 5) is 18.7. The summed E-state index contributed by atoms with van der Waals surface area (Å²) in [6, 6.07) is 15.9. The molecule has 0 saturated heterocycles. The number of ether oxygens (including phenoxy) is 2. The van der Waals surface area contributed by atoms with Crippen LogP contribution in [0.3, 0.4) is 0 Å². The van der Waals surface area contributed by atoms with Gasteiger partial charge in [0.2, 0.25) is 0 Å². The van der Waals surface area contributed by atoms with Crippen molar-refractivity contribution in [1.82, 2.24) is 10.3 Å². The van der Waals surface area contributed by atoms with Gasteiger partial charge in [-0.15, -0.1) is 11.3 Å². The molecule has 0 radical (unpaired) electrons. The van der Waals surface area contributed by atoms with Crippen LogP contribution >= 0.6 is 11.3 Å². The van der Waals surface area contributed by atoms with Gasteiger partial charge in [-0.3, -0.25) is 4.79 Å². The predicted molar refractivity (Wildman–Crippen MR) is 120 cm³/mol. The molecule has 2 aromatic carbocycles. The highest BCUT2D eigenvalue weighted by Gasteiger charge is 2.22. The smallest absolute Gasteiger partial charge is 0.280 e.